The number of esters is 1. The molecule has 0 N–H and O–H groups in total. The van der Waals surface area contributed by atoms with Gasteiger partial charge in [-0.05, 0) is 19.2 Å². The maximum atomic E-state index is 11.7. The van der Waals surface area contributed by atoms with Crippen LogP contribution in [0.25, 0.3) is 0 Å². The second-order valence-electron chi connectivity index (χ2n) is 3.19. The Bertz CT molecular complexity index is 434. The number of thioether (sulfide) groups is 1. The molecule has 6 nitrogen and oxygen atoms in total. The van der Waals surface area contributed by atoms with Crippen molar-refractivity contribution in [1.82, 2.24) is 15.0 Å². The van der Waals surface area contributed by atoms with Gasteiger partial charge in [0, 0.05) is 6.20 Å². The second-order valence-corrected chi connectivity index (χ2v) is 4.34. The van der Waals surface area contributed by atoms with Gasteiger partial charge in [0.2, 0.25) is 5.69 Å². The van der Waals surface area contributed by atoms with E-state index in [0.29, 0.717) is 5.16 Å². The summed E-state index contributed by atoms with van der Waals surface area (Å²) in [5, 5.41) is 1.88. The number of hydrogen-bond acceptors (Lipinski definition) is 7. The Kier molecular flexibility index (Phi) is 3.82. The van der Waals surface area contributed by atoms with E-state index in [1.807, 2.05) is 6.26 Å². The number of halogens is 1. The van der Waals surface area contributed by atoms with E-state index in [1.165, 1.54) is 29.1 Å². The lowest BCUT2D eigenvalue weighted by molar-refractivity contribution is -0.0303. The van der Waals surface area contributed by atoms with Crippen molar-refractivity contribution in [1.29, 1.82) is 0 Å². The number of hydrogen-bond donors (Lipinski definition) is 0. The minimum atomic E-state index is -0.544. The minimum absolute atomic E-state index is 0.212. The van der Waals surface area contributed by atoms with E-state index in [-0.39, 0.29) is 5.69 Å². The van der Waals surface area contributed by atoms with Crippen molar-refractivity contribution in [3.8, 4) is 0 Å². The summed E-state index contributed by atoms with van der Waals surface area (Å²) in [6.07, 6.45) is 2.80. The van der Waals surface area contributed by atoms with Gasteiger partial charge in [0.05, 0.1) is 0 Å². The maximum Gasteiger partial charge on any atom is 0.358 e. The molecule has 1 aromatic heterocycles. The summed E-state index contributed by atoms with van der Waals surface area (Å²) < 4.78 is 5.11. The number of rotatable bonds is 4. The average Bonchev–Trinajstić information content (AvgIpc) is 3.06. The standard InChI is InChI=1S/C9H10ClN3O3S/c1-5(13-8(10)16-13)15-7(14)6-3-4-11-9(12-6)17-2/h3-5,8H,1-2H3. The third kappa shape index (κ3) is 3.06. The van der Waals surface area contributed by atoms with Crippen LogP contribution < -0.4 is 0 Å². The van der Waals surface area contributed by atoms with E-state index in [1.54, 1.807) is 6.92 Å². The Morgan fingerprint density at radius 1 is 1.76 bits per heavy atom. The van der Waals surface area contributed by atoms with Gasteiger partial charge >= 0.3 is 5.97 Å². The van der Waals surface area contributed by atoms with Crippen LogP contribution in [0.1, 0.15) is 17.4 Å². The molecule has 1 aliphatic rings. The first kappa shape index (κ1) is 12.6. The highest BCUT2D eigenvalue weighted by Crippen LogP contribution is 2.27. The van der Waals surface area contributed by atoms with Crippen LogP contribution in [0.2, 0.25) is 0 Å². The van der Waals surface area contributed by atoms with Gasteiger partial charge in [-0.25, -0.2) is 14.8 Å². The van der Waals surface area contributed by atoms with Crippen LogP contribution in [0, 0.1) is 0 Å². The fourth-order valence-corrected chi connectivity index (χ4v) is 1.75. The van der Waals surface area contributed by atoms with E-state index in [0.717, 1.165) is 0 Å². The third-order valence-electron chi connectivity index (χ3n) is 2.02. The second kappa shape index (κ2) is 5.18. The molecule has 2 rings (SSSR count). The third-order valence-corrected chi connectivity index (χ3v) is 2.86. The fraction of sp³-hybridized carbons (Fsp3) is 0.444. The topological polar surface area (TPSA) is 67.6 Å². The van der Waals surface area contributed by atoms with Crippen molar-refractivity contribution in [3.63, 3.8) is 0 Å². The molecule has 3 unspecified atom stereocenters. The Morgan fingerprint density at radius 3 is 3.06 bits per heavy atom. The van der Waals surface area contributed by atoms with Crippen LogP contribution in [0.5, 0.6) is 0 Å². The SMILES string of the molecule is CSc1nccc(C(=O)OC(C)N2OC2Cl)n1. The number of carbonyl (C=O) groups excluding carboxylic acids is 1. The zero-order chi connectivity index (χ0) is 12.4. The zero-order valence-corrected chi connectivity index (χ0v) is 10.7. The van der Waals surface area contributed by atoms with E-state index < -0.39 is 17.9 Å². The van der Waals surface area contributed by atoms with Gasteiger partial charge in [-0.15, -0.1) is 5.06 Å². The molecule has 1 aliphatic heterocycles. The summed E-state index contributed by atoms with van der Waals surface area (Å²) in [6.45, 7) is 1.66. The average molecular weight is 276 g/mol. The number of nitrogens with zero attached hydrogens (tertiary/aromatic N) is 3. The largest absolute Gasteiger partial charge is 0.440 e. The highest BCUT2D eigenvalue weighted by molar-refractivity contribution is 7.98. The van der Waals surface area contributed by atoms with E-state index in [4.69, 9.17) is 21.2 Å². The van der Waals surface area contributed by atoms with Crippen LogP contribution in [0.15, 0.2) is 17.4 Å². The van der Waals surface area contributed by atoms with Crippen LogP contribution in [-0.2, 0) is 9.57 Å². The predicted octanol–water partition coefficient (Wildman–Crippen LogP) is 1.47. The molecule has 0 spiro atoms. The fourth-order valence-electron chi connectivity index (χ4n) is 1.14. The van der Waals surface area contributed by atoms with Crippen LogP contribution in [0.3, 0.4) is 0 Å². The summed E-state index contributed by atoms with van der Waals surface area (Å²) in [6, 6.07) is 1.50. The molecule has 0 radical (unpaired) electrons. The highest BCUT2D eigenvalue weighted by atomic mass is 35.5. The van der Waals surface area contributed by atoms with Gasteiger partial charge in [0.25, 0.3) is 0 Å². The van der Waals surface area contributed by atoms with Crippen LogP contribution >= 0.6 is 23.4 Å². The van der Waals surface area contributed by atoms with Crippen LogP contribution in [-0.4, -0.2) is 39.2 Å². The first-order valence-corrected chi connectivity index (χ1v) is 6.45. The lowest BCUT2D eigenvalue weighted by atomic mass is 10.4. The highest BCUT2D eigenvalue weighted by Gasteiger charge is 2.41. The zero-order valence-electron chi connectivity index (χ0n) is 9.16. The molecule has 2 heterocycles. The number of carbonyl (C=O) groups is 1. The maximum absolute atomic E-state index is 11.7. The van der Waals surface area contributed by atoms with Crippen molar-refractivity contribution in [2.45, 2.75) is 24.0 Å². The predicted molar refractivity (Wildman–Crippen MR) is 61.3 cm³/mol. The van der Waals surface area contributed by atoms with E-state index in [2.05, 4.69) is 9.97 Å². The van der Waals surface area contributed by atoms with Crippen molar-refractivity contribution in [3.05, 3.63) is 18.0 Å². The Labute approximate surface area is 107 Å². The van der Waals surface area contributed by atoms with Crippen molar-refractivity contribution >= 4 is 29.3 Å². The molecule has 0 bridgehead atoms. The van der Waals surface area contributed by atoms with Gasteiger partial charge in [0.15, 0.2) is 17.1 Å². The lowest BCUT2D eigenvalue weighted by Gasteiger charge is -2.10. The van der Waals surface area contributed by atoms with Crippen molar-refractivity contribution in [2.24, 2.45) is 0 Å². The number of aromatic nitrogens is 2. The molecule has 3 atom stereocenters. The molecule has 0 aliphatic carbocycles. The summed E-state index contributed by atoms with van der Waals surface area (Å²) in [4.78, 5) is 24.6. The van der Waals surface area contributed by atoms with Gasteiger partial charge in [-0.1, -0.05) is 23.4 Å². The quantitative estimate of drug-likeness (QED) is 0.206. The Balaban J connectivity index is 1.99. The summed E-state index contributed by atoms with van der Waals surface area (Å²) in [5.74, 6) is -0.533. The number of hydroxylamine groups is 2. The molecule has 0 aromatic carbocycles. The number of alkyl halides is 1. The van der Waals surface area contributed by atoms with Crippen molar-refractivity contribution < 1.29 is 14.4 Å². The minimum Gasteiger partial charge on any atom is -0.440 e. The van der Waals surface area contributed by atoms with E-state index in [9.17, 15) is 4.79 Å². The van der Waals surface area contributed by atoms with Crippen LogP contribution in [0.4, 0.5) is 0 Å². The van der Waals surface area contributed by atoms with Crippen molar-refractivity contribution in [2.75, 3.05) is 6.26 Å². The molecule has 8 heteroatoms. The van der Waals surface area contributed by atoms with E-state index >= 15 is 0 Å². The Hall–Kier alpha value is -0.890. The molecule has 1 fully saturated rings. The molecule has 1 aromatic rings. The Morgan fingerprint density at radius 2 is 2.47 bits per heavy atom. The number of ether oxygens (including phenoxy) is 1. The first-order chi connectivity index (χ1) is 8.11. The normalized spacial score (nSPS) is 24.2. The van der Waals surface area contributed by atoms with Gasteiger partial charge < -0.3 is 4.74 Å². The smallest absolute Gasteiger partial charge is 0.358 e. The summed E-state index contributed by atoms with van der Waals surface area (Å²) in [5.41, 5.74) is -0.311. The summed E-state index contributed by atoms with van der Waals surface area (Å²) >= 11 is 6.96. The molecule has 17 heavy (non-hydrogen) atoms. The summed E-state index contributed by atoms with van der Waals surface area (Å²) in [7, 11) is 0. The first-order valence-electron chi connectivity index (χ1n) is 4.79. The van der Waals surface area contributed by atoms with Gasteiger partial charge in [-0.2, -0.15) is 0 Å². The molecule has 0 saturated carbocycles. The molecule has 92 valence electrons. The molecular formula is C9H10ClN3O3S. The van der Waals surface area contributed by atoms with Gasteiger partial charge in [0.1, 0.15) is 0 Å². The molecular weight excluding hydrogens is 266 g/mol. The molecule has 1 saturated heterocycles. The molecule has 0 amide bonds. The van der Waals surface area contributed by atoms with Gasteiger partial charge in [-0.3, -0.25) is 4.84 Å². The monoisotopic (exact) mass is 275 g/mol. The lowest BCUT2D eigenvalue weighted by Crippen LogP contribution is -2.23.